The van der Waals surface area contributed by atoms with E-state index in [1.54, 1.807) is 17.3 Å². The zero-order valence-corrected chi connectivity index (χ0v) is 13.5. The Morgan fingerprint density at radius 3 is 2.68 bits per heavy atom. The molecule has 0 saturated carbocycles. The summed E-state index contributed by atoms with van der Waals surface area (Å²) in [6.45, 7) is 1.06. The highest BCUT2D eigenvalue weighted by Crippen LogP contribution is 2.29. The van der Waals surface area contributed by atoms with Crippen molar-refractivity contribution in [1.29, 1.82) is 0 Å². The zero-order valence-electron chi connectivity index (χ0n) is 11.8. The molecule has 6 nitrogen and oxygen atoms in total. The van der Waals surface area contributed by atoms with Gasteiger partial charge in [-0.2, -0.15) is 0 Å². The van der Waals surface area contributed by atoms with Gasteiger partial charge in [0.05, 0.1) is 0 Å². The summed E-state index contributed by atoms with van der Waals surface area (Å²) in [5.41, 5.74) is 7.76. The number of hydrogen-bond donors (Lipinski definition) is 2. The molecule has 1 amide bonds. The van der Waals surface area contributed by atoms with E-state index in [1.807, 2.05) is 24.3 Å². The van der Waals surface area contributed by atoms with Crippen LogP contribution in [0.3, 0.4) is 0 Å². The zero-order chi connectivity index (χ0) is 15.4. The number of aromatic nitrogens is 2. The van der Waals surface area contributed by atoms with E-state index in [4.69, 9.17) is 10.5 Å². The van der Waals surface area contributed by atoms with Crippen LogP contribution in [0.5, 0.6) is 0 Å². The van der Waals surface area contributed by atoms with E-state index in [0.29, 0.717) is 26.1 Å². The second kappa shape index (κ2) is 6.74. The molecule has 0 aliphatic carbocycles. The lowest BCUT2D eigenvalue weighted by atomic mass is 9.90. The largest absolute Gasteiger partial charge is 0.381 e. The van der Waals surface area contributed by atoms with Crippen molar-refractivity contribution in [1.82, 2.24) is 10.2 Å². The summed E-state index contributed by atoms with van der Waals surface area (Å²) in [5, 5.41) is 10.7. The number of nitrogens with one attached hydrogen (secondary N) is 1. The van der Waals surface area contributed by atoms with Gasteiger partial charge in [-0.15, -0.1) is 10.2 Å². The second-order valence-corrected chi connectivity index (χ2v) is 7.21. The normalized spacial score (nSPS) is 17.1. The first-order valence-corrected chi connectivity index (χ1v) is 8.57. The van der Waals surface area contributed by atoms with Gasteiger partial charge in [-0.1, -0.05) is 23.1 Å². The van der Waals surface area contributed by atoms with Gasteiger partial charge in [0.1, 0.15) is 11.0 Å². The lowest BCUT2D eigenvalue weighted by Gasteiger charge is -2.31. The van der Waals surface area contributed by atoms with Gasteiger partial charge in [0.2, 0.25) is 5.91 Å². The summed E-state index contributed by atoms with van der Waals surface area (Å²) in [5.74, 6) is -0.152. The van der Waals surface area contributed by atoms with Gasteiger partial charge in [0, 0.05) is 23.8 Å². The monoisotopic (exact) mass is 336 g/mol. The number of amides is 1. The molecule has 0 unspecified atom stereocenters. The van der Waals surface area contributed by atoms with Crippen LogP contribution < -0.4 is 11.1 Å². The van der Waals surface area contributed by atoms with Crippen molar-refractivity contribution in [3.63, 3.8) is 0 Å². The van der Waals surface area contributed by atoms with Crippen molar-refractivity contribution < 1.29 is 9.53 Å². The van der Waals surface area contributed by atoms with Crippen LogP contribution in [0.2, 0.25) is 0 Å². The van der Waals surface area contributed by atoms with E-state index in [-0.39, 0.29) is 5.91 Å². The van der Waals surface area contributed by atoms with Gasteiger partial charge < -0.3 is 15.8 Å². The highest BCUT2D eigenvalue weighted by Gasteiger charge is 2.35. The van der Waals surface area contributed by atoms with Gasteiger partial charge >= 0.3 is 0 Å². The summed E-state index contributed by atoms with van der Waals surface area (Å²) in [7, 11) is 0. The van der Waals surface area contributed by atoms with Gasteiger partial charge in [0.25, 0.3) is 0 Å². The molecule has 0 bridgehead atoms. The fourth-order valence-electron chi connectivity index (χ4n) is 2.13. The van der Waals surface area contributed by atoms with Gasteiger partial charge in [-0.3, -0.25) is 4.79 Å². The molecule has 1 aromatic carbocycles. The second-order valence-electron chi connectivity index (χ2n) is 5.05. The number of nitrogens with zero attached hydrogens (tertiary/aromatic N) is 2. The van der Waals surface area contributed by atoms with E-state index in [9.17, 15) is 4.79 Å². The van der Waals surface area contributed by atoms with Crippen LogP contribution in [0.25, 0.3) is 0 Å². The molecule has 2 heterocycles. The maximum Gasteiger partial charge on any atom is 0.244 e. The molecule has 8 heteroatoms. The number of anilines is 1. The quantitative estimate of drug-likeness (QED) is 0.889. The number of ether oxygens (including phenoxy) is 1. The van der Waals surface area contributed by atoms with E-state index < -0.39 is 5.54 Å². The minimum absolute atomic E-state index is 0.152. The first kappa shape index (κ1) is 15.4. The molecule has 1 aromatic heterocycles. The Hall–Kier alpha value is -1.48. The third-order valence-corrected chi connectivity index (χ3v) is 5.28. The maximum atomic E-state index is 12.3. The number of benzene rings is 1. The predicted molar refractivity (Wildman–Crippen MR) is 86.1 cm³/mol. The lowest BCUT2D eigenvalue weighted by Crippen LogP contribution is -2.54. The first-order valence-electron chi connectivity index (χ1n) is 6.88. The van der Waals surface area contributed by atoms with Crippen LogP contribution in [-0.2, 0) is 9.53 Å². The summed E-state index contributed by atoms with van der Waals surface area (Å²) in [6.07, 6.45) is 1.09. The Balaban J connectivity index is 1.62. The molecular formula is C14H16N4O2S2. The van der Waals surface area contributed by atoms with E-state index in [1.165, 1.54) is 11.3 Å². The van der Waals surface area contributed by atoms with E-state index in [2.05, 4.69) is 15.5 Å². The van der Waals surface area contributed by atoms with Crippen LogP contribution in [0.15, 0.2) is 39.0 Å². The molecule has 1 aliphatic rings. The van der Waals surface area contributed by atoms with Crippen LogP contribution in [0.4, 0.5) is 5.69 Å². The third kappa shape index (κ3) is 3.64. The molecule has 2 aromatic rings. The predicted octanol–water partition coefficient (Wildman–Crippen LogP) is 2.14. The molecule has 0 spiro atoms. The highest BCUT2D eigenvalue weighted by molar-refractivity contribution is 8.01. The fourth-order valence-corrected chi connectivity index (χ4v) is 3.58. The number of hydrogen-bond acceptors (Lipinski definition) is 7. The standard InChI is InChI=1S/C14H16N4O2S2/c15-14(5-7-20-8-6-14)12(19)17-10-1-3-11(4-2-10)22-13-18-16-9-21-13/h1-4,9H,5-8,15H2,(H,17,19). The number of carbonyl (C=O) groups excluding carboxylic acids is 1. The van der Waals surface area contributed by atoms with E-state index in [0.717, 1.165) is 14.9 Å². The number of carbonyl (C=O) groups is 1. The lowest BCUT2D eigenvalue weighted by molar-refractivity contribution is -0.124. The number of nitrogens with two attached hydrogens (primary N) is 1. The van der Waals surface area contributed by atoms with Crippen LogP contribution >= 0.6 is 23.1 Å². The third-order valence-electron chi connectivity index (χ3n) is 3.49. The summed E-state index contributed by atoms with van der Waals surface area (Å²) in [6, 6.07) is 7.61. The molecule has 22 heavy (non-hydrogen) atoms. The topological polar surface area (TPSA) is 90.1 Å². The maximum absolute atomic E-state index is 12.3. The van der Waals surface area contributed by atoms with Gasteiger partial charge in [-0.05, 0) is 37.1 Å². The Morgan fingerprint density at radius 2 is 2.05 bits per heavy atom. The molecule has 1 aliphatic heterocycles. The highest BCUT2D eigenvalue weighted by atomic mass is 32.2. The molecule has 1 fully saturated rings. The molecule has 3 N–H and O–H groups in total. The van der Waals surface area contributed by atoms with Crippen molar-refractivity contribution >= 4 is 34.7 Å². The Morgan fingerprint density at radius 1 is 1.32 bits per heavy atom. The van der Waals surface area contributed by atoms with Crippen molar-refractivity contribution in [2.24, 2.45) is 5.73 Å². The van der Waals surface area contributed by atoms with Gasteiger partial charge in [-0.25, -0.2) is 0 Å². The van der Waals surface area contributed by atoms with Crippen molar-refractivity contribution in [2.75, 3.05) is 18.5 Å². The van der Waals surface area contributed by atoms with Crippen molar-refractivity contribution in [3.05, 3.63) is 29.8 Å². The van der Waals surface area contributed by atoms with Crippen molar-refractivity contribution in [3.8, 4) is 0 Å². The smallest absolute Gasteiger partial charge is 0.244 e. The average molecular weight is 336 g/mol. The van der Waals surface area contributed by atoms with Crippen molar-refractivity contribution in [2.45, 2.75) is 27.6 Å². The molecule has 1 saturated heterocycles. The van der Waals surface area contributed by atoms with Crippen LogP contribution in [0.1, 0.15) is 12.8 Å². The molecule has 116 valence electrons. The summed E-state index contributed by atoms with van der Waals surface area (Å²) >= 11 is 3.03. The Kier molecular flexibility index (Phi) is 4.72. The van der Waals surface area contributed by atoms with Crippen LogP contribution in [-0.4, -0.2) is 34.9 Å². The fraction of sp³-hybridized carbons (Fsp3) is 0.357. The Bertz CT molecular complexity index is 625. The summed E-state index contributed by atoms with van der Waals surface area (Å²) < 4.78 is 6.15. The minimum Gasteiger partial charge on any atom is -0.381 e. The molecular weight excluding hydrogens is 320 g/mol. The van der Waals surface area contributed by atoms with E-state index >= 15 is 0 Å². The van der Waals surface area contributed by atoms with Gasteiger partial charge in [0.15, 0.2) is 4.34 Å². The van der Waals surface area contributed by atoms with Crippen LogP contribution in [0, 0.1) is 0 Å². The average Bonchev–Trinajstić information content (AvgIpc) is 3.03. The molecule has 0 atom stereocenters. The first-order chi connectivity index (χ1) is 10.7. The number of rotatable bonds is 4. The summed E-state index contributed by atoms with van der Waals surface area (Å²) in [4.78, 5) is 13.4. The molecule has 3 rings (SSSR count). The Labute approximate surface area is 136 Å². The molecule has 0 radical (unpaired) electrons. The minimum atomic E-state index is -0.835. The SMILES string of the molecule is NC1(C(=O)Nc2ccc(Sc3nncs3)cc2)CCOCC1.